The van der Waals surface area contributed by atoms with E-state index in [1.165, 1.54) is 6.20 Å². The molecule has 2 rings (SSSR count). The molecule has 0 fully saturated rings. The lowest BCUT2D eigenvalue weighted by atomic mass is 10.2. The van der Waals surface area contributed by atoms with Gasteiger partial charge in [0.1, 0.15) is 0 Å². The van der Waals surface area contributed by atoms with E-state index in [0.717, 1.165) is 11.4 Å². The number of rotatable bonds is 4. The average Bonchev–Trinajstić information content (AvgIpc) is 2.86. The van der Waals surface area contributed by atoms with Gasteiger partial charge < -0.3 is 4.90 Å². The number of aromatic nitrogens is 2. The van der Waals surface area contributed by atoms with E-state index in [0.29, 0.717) is 12.1 Å². The Labute approximate surface area is 111 Å². The topological polar surface area (TPSA) is 72.8 Å². The first-order chi connectivity index (χ1) is 9.24. The molecule has 0 radical (unpaired) electrons. The average molecular weight is 254 g/mol. The van der Waals surface area contributed by atoms with Crippen molar-refractivity contribution in [1.82, 2.24) is 10.2 Å². The van der Waals surface area contributed by atoms with Gasteiger partial charge >= 0.3 is 0 Å². The summed E-state index contributed by atoms with van der Waals surface area (Å²) in [4.78, 5) is 14.1. The van der Waals surface area contributed by atoms with Crippen LogP contribution in [0.15, 0.2) is 36.5 Å². The number of para-hydroxylation sites is 1. The molecule has 1 N–H and O–H groups in total. The molecule has 0 aliphatic carbocycles. The number of nitrogens with one attached hydrogen (secondary N) is 1. The maximum atomic E-state index is 12.5. The van der Waals surface area contributed by atoms with Crippen molar-refractivity contribution in [3.63, 3.8) is 0 Å². The molecule has 1 heterocycles. The summed E-state index contributed by atoms with van der Waals surface area (Å²) in [6, 6.07) is 11.4. The van der Waals surface area contributed by atoms with E-state index >= 15 is 0 Å². The molecular weight excluding hydrogens is 240 g/mol. The van der Waals surface area contributed by atoms with Crippen LogP contribution in [0.2, 0.25) is 0 Å². The van der Waals surface area contributed by atoms with Crippen LogP contribution in [0.25, 0.3) is 0 Å². The van der Waals surface area contributed by atoms with Crippen LogP contribution in [0.5, 0.6) is 0 Å². The van der Waals surface area contributed by atoms with Gasteiger partial charge in [0.15, 0.2) is 0 Å². The third-order valence-corrected chi connectivity index (χ3v) is 2.82. The zero-order valence-electron chi connectivity index (χ0n) is 10.6. The third kappa shape index (κ3) is 2.80. The molecule has 1 amide bonds. The number of anilines is 1. The zero-order valence-corrected chi connectivity index (χ0v) is 10.6. The number of nitriles is 1. The van der Waals surface area contributed by atoms with E-state index in [4.69, 9.17) is 5.26 Å². The highest BCUT2D eigenvalue weighted by atomic mass is 16.2. The van der Waals surface area contributed by atoms with Crippen LogP contribution in [0, 0.1) is 18.3 Å². The summed E-state index contributed by atoms with van der Waals surface area (Å²) < 4.78 is 0. The molecule has 1 aromatic heterocycles. The molecule has 19 heavy (non-hydrogen) atoms. The molecular formula is C14H14N4O. The summed E-state index contributed by atoms with van der Waals surface area (Å²) in [5.74, 6) is -0.146. The van der Waals surface area contributed by atoms with Crippen molar-refractivity contribution in [2.45, 2.75) is 13.3 Å². The standard InChI is InChI=1S/C14H14N4O/c1-11-13(10-16-17-11)14(19)18(9-5-8-15)12-6-3-2-4-7-12/h2-4,6-7,10H,5,9H2,1H3,(H,16,17). The number of benzene rings is 1. The fraction of sp³-hybridized carbons (Fsp3) is 0.214. The molecule has 0 saturated carbocycles. The Hall–Kier alpha value is -2.61. The molecule has 0 saturated heterocycles. The van der Waals surface area contributed by atoms with Crippen LogP contribution < -0.4 is 4.90 Å². The molecule has 1 aromatic carbocycles. The summed E-state index contributed by atoms with van der Waals surface area (Å²) in [6.07, 6.45) is 1.80. The van der Waals surface area contributed by atoms with Gasteiger partial charge in [0.05, 0.1) is 24.3 Å². The number of aromatic amines is 1. The summed E-state index contributed by atoms with van der Waals surface area (Å²) in [6.45, 7) is 2.16. The van der Waals surface area contributed by atoms with Crippen molar-refractivity contribution in [2.24, 2.45) is 0 Å². The normalized spacial score (nSPS) is 9.89. The molecule has 0 aliphatic heterocycles. The third-order valence-electron chi connectivity index (χ3n) is 2.82. The van der Waals surface area contributed by atoms with Crippen molar-refractivity contribution in [3.8, 4) is 6.07 Å². The summed E-state index contributed by atoms with van der Waals surface area (Å²) in [5, 5.41) is 15.3. The number of nitrogens with zero attached hydrogens (tertiary/aromatic N) is 3. The minimum absolute atomic E-state index is 0.146. The lowest BCUT2D eigenvalue weighted by Gasteiger charge is -2.21. The minimum Gasteiger partial charge on any atom is -0.307 e. The van der Waals surface area contributed by atoms with E-state index in [1.807, 2.05) is 30.3 Å². The van der Waals surface area contributed by atoms with E-state index in [2.05, 4.69) is 16.3 Å². The van der Waals surface area contributed by atoms with Gasteiger partial charge in [0, 0.05) is 17.9 Å². The predicted octanol–water partition coefficient (Wildman–Crippen LogP) is 2.28. The number of hydrogen-bond acceptors (Lipinski definition) is 3. The monoisotopic (exact) mass is 254 g/mol. The minimum atomic E-state index is -0.146. The first-order valence-corrected chi connectivity index (χ1v) is 5.98. The van der Waals surface area contributed by atoms with Crippen molar-refractivity contribution in [3.05, 3.63) is 47.8 Å². The van der Waals surface area contributed by atoms with Crippen LogP contribution in [0.3, 0.4) is 0 Å². The van der Waals surface area contributed by atoms with Crippen molar-refractivity contribution in [2.75, 3.05) is 11.4 Å². The molecule has 0 aliphatic rings. The van der Waals surface area contributed by atoms with Crippen molar-refractivity contribution >= 4 is 11.6 Å². The van der Waals surface area contributed by atoms with Gasteiger partial charge in [-0.3, -0.25) is 9.89 Å². The predicted molar refractivity (Wildman–Crippen MR) is 71.7 cm³/mol. The number of amides is 1. The summed E-state index contributed by atoms with van der Waals surface area (Å²) in [7, 11) is 0. The SMILES string of the molecule is Cc1[nH]ncc1C(=O)N(CCC#N)c1ccccc1. The van der Waals surface area contributed by atoms with Gasteiger partial charge in [0.2, 0.25) is 0 Å². The Kier molecular flexibility index (Phi) is 3.94. The van der Waals surface area contributed by atoms with Crippen LogP contribution in [0.4, 0.5) is 5.69 Å². The Bertz CT molecular complexity index is 597. The van der Waals surface area contributed by atoms with Gasteiger partial charge in [-0.05, 0) is 19.1 Å². The lowest BCUT2D eigenvalue weighted by molar-refractivity contribution is 0.0987. The van der Waals surface area contributed by atoms with E-state index < -0.39 is 0 Å². The molecule has 0 bridgehead atoms. The Morgan fingerprint density at radius 2 is 2.16 bits per heavy atom. The highest BCUT2D eigenvalue weighted by Gasteiger charge is 2.20. The van der Waals surface area contributed by atoms with Gasteiger partial charge in [-0.15, -0.1) is 0 Å². The summed E-state index contributed by atoms with van der Waals surface area (Å²) >= 11 is 0. The number of hydrogen-bond donors (Lipinski definition) is 1. The van der Waals surface area contributed by atoms with Crippen molar-refractivity contribution < 1.29 is 4.79 Å². The van der Waals surface area contributed by atoms with Crippen LogP contribution in [0.1, 0.15) is 22.5 Å². The second kappa shape index (κ2) is 5.83. The highest BCUT2D eigenvalue weighted by molar-refractivity contribution is 6.06. The molecule has 0 unspecified atom stereocenters. The van der Waals surface area contributed by atoms with Crippen LogP contribution in [-0.2, 0) is 0 Å². The second-order valence-corrected chi connectivity index (χ2v) is 4.11. The smallest absolute Gasteiger partial charge is 0.261 e. The fourth-order valence-electron chi connectivity index (χ4n) is 1.83. The number of aryl methyl sites for hydroxylation is 1. The molecule has 2 aromatic rings. The molecule has 0 atom stereocenters. The Morgan fingerprint density at radius 3 is 2.74 bits per heavy atom. The quantitative estimate of drug-likeness (QED) is 0.909. The largest absolute Gasteiger partial charge is 0.307 e. The van der Waals surface area contributed by atoms with E-state index in [9.17, 15) is 4.79 Å². The van der Waals surface area contributed by atoms with Crippen LogP contribution >= 0.6 is 0 Å². The Morgan fingerprint density at radius 1 is 1.42 bits per heavy atom. The zero-order chi connectivity index (χ0) is 13.7. The maximum absolute atomic E-state index is 12.5. The van der Waals surface area contributed by atoms with Gasteiger partial charge in [-0.25, -0.2) is 0 Å². The highest BCUT2D eigenvalue weighted by Crippen LogP contribution is 2.18. The van der Waals surface area contributed by atoms with Gasteiger partial charge in [0.25, 0.3) is 5.91 Å². The molecule has 96 valence electrons. The van der Waals surface area contributed by atoms with E-state index in [1.54, 1.807) is 11.8 Å². The Balaban J connectivity index is 2.31. The molecule has 0 spiro atoms. The first-order valence-electron chi connectivity index (χ1n) is 5.98. The second-order valence-electron chi connectivity index (χ2n) is 4.11. The summed E-state index contributed by atoms with van der Waals surface area (Å²) in [5.41, 5.74) is 2.04. The van der Waals surface area contributed by atoms with Gasteiger partial charge in [-0.1, -0.05) is 18.2 Å². The number of H-pyrrole nitrogens is 1. The lowest BCUT2D eigenvalue weighted by Crippen LogP contribution is -2.32. The van der Waals surface area contributed by atoms with Crippen molar-refractivity contribution in [1.29, 1.82) is 5.26 Å². The fourth-order valence-corrected chi connectivity index (χ4v) is 1.83. The van der Waals surface area contributed by atoms with Crippen LogP contribution in [-0.4, -0.2) is 22.6 Å². The molecule has 5 heteroatoms. The first kappa shape index (κ1) is 12.8. The van der Waals surface area contributed by atoms with Gasteiger partial charge in [-0.2, -0.15) is 10.4 Å². The number of carbonyl (C=O) groups is 1. The number of carbonyl (C=O) groups excluding carboxylic acids is 1. The molecule has 5 nitrogen and oxygen atoms in total. The van der Waals surface area contributed by atoms with E-state index in [-0.39, 0.29) is 12.3 Å². The maximum Gasteiger partial charge on any atom is 0.261 e.